The fourth-order valence-corrected chi connectivity index (χ4v) is 2.93. The molecule has 0 bridgehead atoms. The monoisotopic (exact) mass is 244 g/mol. The number of Topliss-reactive ketones (excluding diaryl/α,β-unsaturated/α-hetero) is 1. The third-order valence-corrected chi connectivity index (χ3v) is 4.61. The average Bonchev–Trinajstić information content (AvgIpc) is 2.85. The summed E-state index contributed by atoms with van der Waals surface area (Å²) in [5.74, 6) is 0.923. The summed E-state index contributed by atoms with van der Waals surface area (Å²) in [7, 11) is 0. The van der Waals surface area contributed by atoms with Crippen molar-refractivity contribution in [1.29, 1.82) is 0 Å². The third-order valence-electron chi connectivity index (χ3n) is 4.61. The van der Waals surface area contributed by atoms with Crippen molar-refractivity contribution in [3.05, 3.63) is 35.4 Å². The molecule has 0 heterocycles. The van der Waals surface area contributed by atoms with Gasteiger partial charge in [0.15, 0.2) is 5.78 Å². The molecule has 1 saturated carbocycles. The second-order valence-corrected chi connectivity index (χ2v) is 6.03. The number of hydrogen-bond acceptors (Lipinski definition) is 1. The van der Waals surface area contributed by atoms with Crippen molar-refractivity contribution in [2.24, 2.45) is 5.41 Å². The Bertz CT molecular complexity index is 410. The first-order chi connectivity index (χ1) is 8.57. The molecule has 0 aliphatic heterocycles. The Hall–Kier alpha value is -1.11. The Labute approximate surface area is 111 Å². The van der Waals surface area contributed by atoms with Gasteiger partial charge in [0, 0.05) is 11.0 Å². The highest BCUT2D eigenvalue weighted by Gasteiger charge is 2.36. The highest BCUT2D eigenvalue weighted by molar-refractivity contribution is 6.00. The Kier molecular flexibility index (Phi) is 3.89. The van der Waals surface area contributed by atoms with Crippen LogP contribution in [0.1, 0.15) is 74.7 Å². The van der Waals surface area contributed by atoms with Gasteiger partial charge in [0.1, 0.15) is 0 Å². The van der Waals surface area contributed by atoms with Gasteiger partial charge in [-0.2, -0.15) is 0 Å². The van der Waals surface area contributed by atoms with Gasteiger partial charge in [0.05, 0.1) is 0 Å². The van der Waals surface area contributed by atoms with Crippen LogP contribution in [0.3, 0.4) is 0 Å². The molecule has 1 aliphatic carbocycles. The van der Waals surface area contributed by atoms with Crippen LogP contribution >= 0.6 is 0 Å². The maximum absolute atomic E-state index is 12.5. The van der Waals surface area contributed by atoms with E-state index in [1.165, 1.54) is 18.4 Å². The van der Waals surface area contributed by atoms with Crippen LogP contribution in [-0.2, 0) is 0 Å². The minimum absolute atomic E-state index is 0.0993. The zero-order chi connectivity index (χ0) is 13.2. The minimum Gasteiger partial charge on any atom is -0.294 e. The molecule has 0 aromatic heterocycles. The lowest BCUT2D eigenvalue weighted by molar-refractivity contribution is 0.0823. The zero-order valence-corrected chi connectivity index (χ0v) is 11.8. The fourth-order valence-electron chi connectivity index (χ4n) is 2.93. The first kappa shape index (κ1) is 13.3. The standard InChI is InChI=1S/C17H24O/c1-4-13(2)14-7-9-15(10-8-14)16(18)17(3)11-5-6-12-17/h7-10,13H,4-6,11-12H2,1-3H3. The van der Waals surface area contributed by atoms with E-state index in [-0.39, 0.29) is 5.41 Å². The lowest BCUT2D eigenvalue weighted by Crippen LogP contribution is -2.24. The van der Waals surface area contributed by atoms with Crippen molar-refractivity contribution in [2.45, 2.75) is 58.8 Å². The molecule has 1 unspecified atom stereocenters. The SMILES string of the molecule is CCC(C)c1ccc(C(=O)C2(C)CCCC2)cc1. The van der Waals surface area contributed by atoms with E-state index in [1.54, 1.807) is 0 Å². The normalized spacial score (nSPS) is 19.7. The summed E-state index contributed by atoms with van der Waals surface area (Å²) in [5.41, 5.74) is 2.13. The molecular formula is C17H24O. The molecular weight excluding hydrogens is 220 g/mol. The van der Waals surface area contributed by atoms with E-state index in [0.29, 0.717) is 11.7 Å². The number of rotatable bonds is 4. The van der Waals surface area contributed by atoms with Gasteiger partial charge in [-0.25, -0.2) is 0 Å². The number of carbonyl (C=O) groups is 1. The van der Waals surface area contributed by atoms with Gasteiger partial charge < -0.3 is 0 Å². The molecule has 1 nitrogen and oxygen atoms in total. The molecule has 0 spiro atoms. The Morgan fingerprint density at radius 3 is 2.28 bits per heavy atom. The summed E-state index contributed by atoms with van der Waals surface area (Å²) in [6.45, 7) is 6.56. The van der Waals surface area contributed by atoms with Gasteiger partial charge in [-0.05, 0) is 30.7 Å². The molecule has 0 amide bonds. The Balaban J connectivity index is 2.17. The molecule has 1 aromatic carbocycles. The van der Waals surface area contributed by atoms with Crippen molar-refractivity contribution in [3.63, 3.8) is 0 Å². The first-order valence-electron chi connectivity index (χ1n) is 7.21. The van der Waals surface area contributed by atoms with Crippen molar-refractivity contribution in [3.8, 4) is 0 Å². The van der Waals surface area contributed by atoms with Crippen LogP contribution in [0, 0.1) is 5.41 Å². The lowest BCUT2D eigenvalue weighted by atomic mass is 9.80. The number of benzene rings is 1. The highest BCUT2D eigenvalue weighted by atomic mass is 16.1. The first-order valence-corrected chi connectivity index (χ1v) is 7.21. The van der Waals surface area contributed by atoms with Crippen LogP contribution in [0.4, 0.5) is 0 Å². The number of hydrogen-bond donors (Lipinski definition) is 0. The van der Waals surface area contributed by atoms with Gasteiger partial charge in [-0.1, -0.05) is 57.9 Å². The Morgan fingerprint density at radius 1 is 1.22 bits per heavy atom. The summed E-state index contributed by atoms with van der Waals surface area (Å²) in [5, 5.41) is 0. The smallest absolute Gasteiger partial charge is 0.168 e. The quantitative estimate of drug-likeness (QED) is 0.684. The zero-order valence-electron chi connectivity index (χ0n) is 11.8. The third kappa shape index (κ3) is 2.50. The molecule has 0 saturated heterocycles. The van der Waals surface area contributed by atoms with E-state index in [9.17, 15) is 4.79 Å². The topological polar surface area (TPSA) is 17.1 Å². The molecule has 1 atom stereocenters. The molecule has 0 radical (unpaired) electrons. The lowest BCUT2D eigenvalue weighted by Gasteiger charge is -2.22. The second kappa shape index (κ2) is 5.26. The number of carbonyl (C=O) groups excluding carboxylic acids is 1. The molecule has 1 heteroatoms. The van der Waals surface area contributed by atoms with Crippen molar-refractivity contribution in [1.82, 2.24) is 0 Å². The molecule has 98 valence electrons. The highest BCUT2D eigenvalue weighted by Crippen LogP contribution is 2.40. The summed E-state index contributed by atoms with van der Waals surface area (Å²) < 4.78 is 0. The molecule has 18 heavy (non-hydrogen) atoms. The van der Waals surface area contributed by atoms with Gasteiger partial charge >= 0.3 is 0 Å². The van der Waals surface area contributed by atoms with Crippen LogP contribution in [-0.4, -0.2) is 5.78 Å². The summed E-state index contributed by atoms with van der Waals surface area (Å²) >= 11 is 0. The summed E-state index contributed by atoms with van der Waals surface area (Å²) in [6, 6.07) is 8.29. The predicted molar refractivity (Wildman–Crippen MR) is 76.1 cm³/mol. The Morgan fingerprint density at radius 2 is 1.78 bits per heavy atom. The van der Waals surface area contributed by atoms with E-state index >= 15 is 0 Å². The van der Waals surface area contributed by atoms with Crippen molar-refractivity contribution >= 4 is 5.78 Å². The van der Waals surface area contributed by atoms with E-state index in [4.69, 9.17) is 0 Å². The average molecular weight is 244 g/mol. The number of ketones is 1. The molecule has 1 aliphatic rings. The van der Waals surface area contributed by atoms with Gasteiger partial charge in [0.25, 0.3) is 0 Å². The molecule has 2 rings (SSSR count). The summed E-state index contributed by atoms with van der Waals surface area (Å²) in [4.78, 5) is 12.5. The maximum Gasteiger partial charge on any atom is 0.168 e. The van der Waals surface area contributed by atoms with Crippen LogP contribution < -0.4 is 0 Å². The minimum atomic E-state index is -0.0993. The largest absolute Gasteiger partial charge is 0.294 e. The molecule has 1 fully saturated rings. The van der Waals surface area contributed by atoms with E-state index in [0.717, 1.165) is 24.8 Å². The second-order valence-electron chi connectivity index (χ2n) is 6.03. The van der Waals surface area contributed by atoms with Gasteiger partial charge in [-0.3, -0.25) is 4.79 Å². The van der Waals surface area contributed by atoms with Crippen molar-refractivity contribution < 1.29 is 4.79 Å². The van der Waals surface area contributed by atoms with Crippen LogP contribution in [0.2, 0.25) is 0 Å². The van der Waals surface area contributed by atoms with Crippen LogP contribution in [0.25, 0.3) is 0 Å². The van der Waals surface area contributed by atoms with Crippen LogP contribution in [0.15, 0.2) is 24.3 Å². The van der Waals surface area contributed by atoms with E-state index in [1.807, 2.05) is 12.1 Å². The van der Waals surface area contributed by atoms with Crippen LogP contribution in [0.5, 0.6) is 0 Å². The van der Waals surface area contributed by atoms with Crippen molar-refractivity contribution in [2.75, 3.05) is 0 Å². The molecule has 1 aromatic rings. The molecule has 0 N–H and O–H groups in total. The van der Waals surface area contributed by atoms with E-state index < -0.39 is 0 Å². The maximum atomic E-state index is 12.5. The fraction of sp³-hybridized carbons (Fsp3) is 0.588. The van der Waals surface area contributed by atoms with Gasteiger partial charge in [-0.15, -0.1) is 0 Å². The predicted octanol–water partition coefficient (Wildman–Crippen LogP) is 4.96. The summed E-state index contributed by atoms with van der Waals surface area (Å²) in [6.07, 6.45) is 5.66. The van der Waals surface area contributed by atoms with E-state index in [2.05, 4.69) is 32.9 Å². The van der Waals surface area contributed by atoms with Gasteiger partial charge in [0.2, 0.25) is 0 Å².